The number of amides is 1. The summed E-state index contributed by atoms with van der Waals surface area (Å²) in [6.07, 6.45) is 1.28. The van der Waals surface area contributed by atoms with Crippen LogP contribution in [0.4, 0.5) is 4.39 Å². The monoisotopic (exact) mass is 347 g/mol. The van der Waals surface area contributed by atoms with Gasteiger partial charge in [-0.3, -0.25) is 4.79 Å². The molecule has 0 aromatic heterocycles. The summed E-state index contributed by atoms with van der Waals surface area (Å²) in [6, 6.07) is 12.1. The highest BCUT2D eigenvalue weighted by Crippen LogP contribution is 2.31. The lowest BCUT2D eigenvalue weighted by atomic mass is 9.87. The quantitative estimate of drug-likeness (QED) is 0.888. The number of carbonyl (C=O) groups is 1. The van der Waals surface area contributed by atoms with Crippen LogP contribution in [0.5, 0.6) is 0 Å². The van der Waals surface area contributed by atoms with Crippen molar-refractivity contribution in [3.05, 3.63) is 58.9 Å². The Morgan fingerprint density at radius 3 is 2.62 bits per heavy atom. The second kappa shape index (κ2) is 6.54. The zero-order chi connectivity index (χ0) is 17.3. The predicted molar refractivity (Wildman–Crippen MR) is 92.3 cm³/mol. The third kappa shape index (κ3) is 3.30. The van der Waals surface area contributed by atoms with Crippen LogP contribution in [0.3, 0.4) is 0 Å². The summed E-state index contributed by atoms with van der Waals surface area (Å²) >= 11 is 5.94. The van der Waals surface area contributed by atoms with E-state index in [-0.39, 0.29) is 24.4 Å². The van der Waals surface area contributed by atoms with Gasteiger partial charge in [-0.25, -0.2) is 4.39 Å². The van der Waals surface area contributed by atoms with Gasteiger partial charge in [-0.05, 0) is 49.1 Å². The number of rotatable bonds is 4. The number of carbonyl (C=O) groups excluding carboxylic acids is 1. The number of hydrogen-bond donors (Lipinski definition) is 2. The molecule has 0 spiro atoms. The maximum absolute atomic E-state index is 13.9. The van der Waals surface area contributed by atoms with Crippen molar-refractivity contribution in [1.82, 2.24) is 5.32 Å². The van der Waals surface area contributed by atoms with E-state index in [1.54, 1.807) is 13.0 Å². The van der Waals surface area contributed by atoms with Gasteiger partial charge in [0.1, 0.15) is 5.82 Å². The first-order chi connectivity index (χ1) is 11.4. The zero-order valence-electron chi connectivity index (χ0n) is 13.4. The van der Waals surface area contributed by atoms with E-state index in [1.807, 2.05) is 24.3 Å². The van der Waals surface area contributed by atoms with Gasteiger partial charge in [-0.2, -0.15) is 0 Å². The van der Waals surface area contributed by atoms with Crippen molar-refractivity contribution in [3.8, 4) is 11.1 Å². The molecule has 24 heavy (non-hydrogen) atoms. The van der Waals surface area contributed by atoms with Gasteiger partial charge < -0.3 is 10.4 Å². The maximum atomic E-state index is 13.9. The molecule has 0 radical (unpaired) electrons. The van der Waals surface area contributed by atoms with Crippen LogP contribution in [0.2, 0.25) is 5.02 Å². The molecule has 1 aliphatic heterocycles. The number of hydrogen-bond acceptors (Lipinski definition) is 2. The van der Waals surface area contributed by atoms with Gasteiger partial charge in [0, 0.05) is 16.6 Å². The van der Waals surface area contributed by atoms with Gasteiger partial charge in [-0.1, -0.05) is 35.9 Å². The van der Waals surface area contributed by atoms with Crippen molar-refractivity contribution in [2.24, 2.45) is 5.41 Å². The highest BCUT2D eigenvalue weighted by Gasteiger charge is 2.42. The van der Waals surface area contributed by atoms with E-state index in [9.17, 15) is 14.3 Å². The van der Waals surface area contributed by atoms with Crippen LogP contribution in [-0.2, 0) is 11.2 Å². The largest absolute Gasteiger partial charge is 0.395 e. The molecule has 1 aliphatic rings. The Morgan fingerprint density at radius 1 is 1.29 bits per heavy atom. The van der Waals surface area contributed by atoms with Crippen LogP contribution < -0.4 is 5.32 Å². The molecule has 0 saturated carbocycles. The average molecular weight is 348 g/mol. The SMILES string of the molecule is C[C@@]1(CO)C[C@H](Cc2ccc(-c3cc(Cl)ccc3F)cc2)NC1=O. The zero-order valence-corrected chi connectivity index (χ0v) is 14.1. The van der Waals surface area contributed by atoms with E-state index >= 15 is 0 Å². The number of halogens is 2. The van der Waals surface area contributed by atoms with Crippen LogP contribution in [-0.4, -0.2) is 23.7 Å². The summed E-state index contributed by atoms with van der Waals surface area (Å²) < 4.78 is 13.9. The lowest BCUT2D eigenvalue weighted by molar-refractivity contribution is -0.128. The third-order valence-electron chi connectivity index (χ3n) is 4.60. The van der Waals surface area contributed by atoms with Gasteiger partial charge in [0.25, 0.3) is 0 Å². The standard InChI is InChI=1S/C19H19ClFNO2/c1-19(11-23)10-15(22-18(19)24)8-12-2-4-13(5-3-12)16-9-14(20)6-7-17(16)21/h2-7,9,15,23H,8,10-11H2,1H3,(H,22,24)/t15-,19-/m0/s1. The number of aliphatic hydroxyl groups is 1. The minimum absolute atomic E-state index is 0.00315. The molecular weight excluding hydrogens is 329 g/mol. The molecule has 5 heteroatoms. The van der Waals surface area contributed by atoms with Gasteiger partial charge in [0.05, 0.1) is 12.0 Å². The number of benzene rings is 2. The summed E-state index contributed by atoms with van der Waals surface area (Å²) in [6.45, 7) is 1.62. The van der Waals surface area contributed by atoms with Crippen molar-refractivity contribution >= 4 is 17.5 Å². The lowest BCUT2D eigenvalue weighted by Crippen LogP contribution is -2.32. The van der Waals surface area contributed by atoms with Gasteiger partial charge in [0.2, 0.25) is 5.91 Å². The second-order valence-corrected chi connectivity index (χ2v) is 7.05. The highest BCUT2D eigenvalue weighted by molar-refractivity contribution is 6.30. The average Bonchev–Trinajstić information content (AvgIpc) is 2.85. The van der Waals surface area contributed by atoms with Gasteiger partial charge >= 0.3 is 0 Å². The van der Waals surface area contributed by atoms with Crippen molar-refractivity contribution in [1.29, 1.82) is 0 Å². The van der Waals surface area contributed by atoms with E-state index < -0.39 is 5.41 Å². The summed E-state index contributed by atoms with van der Waals surface area (Å²) in [4.78, 5) is 11.9. The van der Waals surface area contributed by atoms with E-state index in [0.29, 0.717) is 23.4 Å². The first kappa shape index (κ1) is 16.9. The predicted octanol–water partition coefficient (Wildman–Crippen LogP) is 3.58. The molecule has 3 rings (SSSR count). The summed E-state index contributed by atoms with van der Waals surface area (Å²) in [5.41, 5.74) is 1.58. The molecule has 0 aliphatic carbocycles. The molecule has 1 heterocycles. The van der Waals surface area contributed by atoms with Gasteiger partial charge in [0.15, 0.2) is 0 Å². The van der Waals surface area contributed by atoms with Crippen LogP contribution in [0.25, 0.3) is 11.1 Å². The van der Waals surface area contributed by atoms with Crippen LogP contribution >= 0.6 is 11.6 Å². The number of nitrogens with one attached hydrogen (secondary N) is 1. The Bertz CT molecular complexity index is 762. The summed E-state index contributed by atoms with van der Waals surface area (Å²) in [7, 11) is 0. The van der Waals surface area contributed by atoms with Crippen molar-refractivity contribution < 1.29 is 14.3 Å². The molecule has 126 valence electrons. The van der Waals surface area contributed by atoms with Crippen LogP contribution in [0.1, 0.15) is 18.9 Å². The molecule has 2 atom stereocenters. The van der Waals surface area contributed by atoms with E-state index in [0.717, 1.165) is 11.1 Å². The molecule has 0 bridgehead atoms. The highest BCUT2D eigenvalue weighted by atomic mass is 35.5. The number of aliphatic hydroxyl groups excluding tert-OH is 1. The Labute approximate surface area is 145 Å². The molecular formula is C19H19ClFNO2. The van der Waals surface area contributed by atoms with Crippen molar-refractivity contribution in [3.63, 3.8) is 0 Å². The Kier molecular flexibility index (Phi) is 4.61. The summed E-state index contributed by atoms with van der Waals surface area (Å²) in [5, 5.41) is 12.8. The molecule has 3 nitrogen and oxygen atoms in total. The second-order valence-electron chi connectivity index (χ2n) is 6.62. The fraction of sp³-hybridized carbons (Fsp3) is 0.316. The third-order valence-corrected chi connectivity index (χ3v) is 4.84. The van der Waals surface area contributed by atoms with Crippen LogP contribution in [0, 0.1) is 11.2 Å². The van der Waals surface area contributed by atoms with Gasteiger partial charge in [-0.15, -0.1) is 0 Å². The maximum Gasteiger partial charge on any atom is 0.228 e. The molecule has 1 fully saturated rings. The smallest absolute Gasteiger partial charge is 0.228 e. The van der Waals surface area contributed by atoms with E-state index in [1.165, 1.54) is 12.1 Å². The summed E-state index contributed by atoms with van der Waals surface area (Å²) in [5.74, 6) is -0.415. The van der Waals surface area contributed by atoms with Crippen molar-refractivity contribution in [2.45, 2.75) is 25.8 Å². The first-order valence-electron chi connectivity index (χ1n) is 7.87. The molecule has 1 saturated heterocycles. The molecule has 2 N–H and O–H groups in total. The van der Waals surface area contributed by atoms with Crippen LogP contribution in [0.15, 0.2) is 42.5 Å². The molecule has 1 amide bonds. The fourth-order valence-electron chi connectivity index (χ4n) is 3.13. The molecule has 2 aromatic rings. The molecule has 2 aromatic carbocycles. The Hall–Kier alpha value is -1.91. The minimum atomic E-state index is -0.700. The van der Waals surface area contributed by atoms with Crippen molar-refractivity contribution in [2.75, 3.05) is 6.61 Å². The lowest BCUT2D eigenvalue weighted by Gasteiger charge is -2.16. The fourth-order valence-corrected chi connectivity index (χ4v) is 3.30. The van der Waals surface area contributed by atoms with E-state index in [2.05, 4.69) is 5.32 Å². The minimum Gasteiger partial charge on any atom is -0.395 e. The van der Waals surface area contributed by atoms with E-state index in [4.69, 9.17) is 11.6 Å². The normalized spacial score (nSPS) is 23.3. The Balaban J connectivity index is 1.74. The first-order valence-corrected chi connectivity index (χ1v) is 8.25. The Morgan fingerprint density at radius 2 is 2.00 bits per heavy atom. The molecule has 0 unspecified atom stereocenters. The topological polar surface area (TPSA) is 49.3 Å².